The summed E-state index contributed by atoms with van der Waals surface area (Å²) in [5.74, 6) is 2.67. The van der Waals surface area contributed by atoms with Gasteiger partial charge in [-0.25, -0.2) is 0 Å². The summed E-state index contributed by atoms with van der Waals surface area (Å²) in [6.07, 6.45) is 13.2. The first kappa shape index (κ1) is 14.8. The van der Waals surface area contributed by atoms with Crippen LogP contribution in [0.4, 0.5) is 0 Å². The van der Waals surface area contributed by atoms with Crippen LogP contribution in [0.25, 0.3) is 0 Å². The minimum absolute atomic E-state index is 0.767. The van der Waals surface area contributed by atoms with Gasteiger partial charge in [0.25, 0.3) is 0 Å². The molecule has 0 aromatic carbocycles. The van der Waals surface area contributed by atoms with Crippen LogP contribution in [-0.4, -0.2) is 13.1 Å². The molecule has 17 heavy (non-hydrogen) atoms. The van der Waals surface area contributed by atoms with Crippen LogP contribution in [0, 0.1) is 17.8 Å². The van der Waals surface area contributed by atoms with Gasteiger partial charge in [-0.2, -0.15) is 0 Å². The van der Waals surface area contributed by atoms with Crippen LogP contribution in [0.2, 0.25) is 0 Å². The quantitative estimate of drug-likeness (QED) is 0.511. The maximum Gasteiger partial charge on any atom is -0.00142 e. The van der Waals surface area contributed by atoms with E-state index in [1.165, 1.54) is 38.5 Å². The summed E-state index contributed by atoms with van der Waals surface area (Å²) in [5.41, 5.74) is 0. The van der Waals surface area contributed by atoms with Crippen LogP contribution in [0.3, 0.4) is 0 Å². The molecule has 1 nitrogen and oxygen atoms in total. The average molecular weight is 237 g/mol. The second-order valence-electron chi connectivity index (χ2n) is 6.00. The molecule has 0 atom stereocenters. The zero-order valence-electron chi connectivity index (χ0n) is 12.0. The van der Waals surface area contributed by atoms with Crippen molar-refractivity contribution in [3.63, 3.8) is 0 Å². The molecule has 1 aliphatic rings. The van der Waals surface area contributed by atoms with Gasteiger partial charge in [-0.1, -0.05) is 39.3 Å². The van der Waals surface area contributed by atoms with Crippen LogP contribution in [0.1, 0.15) is 59.3 Å². The fraction of sp³-hybridized carbons (Fsp3) is 0.875. The lowest BCUT2D eigenvalue weighted by atomic mass is 9.81. The lowest BCUT2D eigenvalue weighted by Gasteiger charge is -2.25. The summed E-state index contributed by atoms with van der Waals surface area (Å²) < 4.78 is 0. The number of nitrogens with one attached hydrogen (secondary N) is 1. The molecule has 1 N–H and O–H groups in total. The summed E-state index contributed by atoms with van der Waals surface area (Å²) in [5, 5.41) is 3.49. The highest BCUT2D eigenvalue weighted by molar-refractivity contribution is 4.91. The normalized spacial score (nSPS) is 25.9. The summed E-state index contributed by atoms with van der Waals surface area (Å²) in [4.78, 5) is 0. The topological polar surface area (TPSA) is 12.0 Å². The van der Waals surface area contributed by atoms with Gasteiger partial charge < -0.3 is 5.32 Å². The average Bonchev–Trinajstić information content (AvgIpc) is 2.34. The molecule has 0 amide bonds. The van der Waals surface area contributed by atoms with E-state index in [1.807, 2.05) is 0 Å². The maximum atomic E-state index is 3.49. The van der Waals surface area contributed by atoms with E-state index in [2.05, 4.69) is 38.2 Å². The summed E-state index contributed by atoms with van der Waals surface area (Å²) in [6, 6.07) is 0. The SMILES string of the molecule is CCC1CCC(/C=C/CCNCC(C)C)CC1. The van der Waals surface area contributed by atoms with Gasteiger partial charge in [-0.15, -0.1) is 0 Å². The molecule has 0 unspecified atom stereocenters. The predicted octanol–water partition coefficient (Wildman–Crippen LogP) is 4.39. The van der Waals surface area contributed by atoms with Gasteiger partial charge in [0, 0.05) is 0 Å². The Morgan fingerprint density at radius 2 is 1.88 bits per heavy atom. The Balaban J connectivity index is 2.01. The van der Waals surface area contributed by atoms with Crippen molar-refractivity contribution in [3.8, 4) is 0 Å². The van der Waals surface area contributed by atoms with E-state index in [0.717, 1.165) is 30.8 Å². The third-order valence-electron chi connectivity index (χ3n) is 3.92. The highest BCUT2D eigenvalue weighted by atomic mass is 14.8. The smallest absolute Gasteiger partial charge is 0.00142 e. The predicted molar refractivity (Wildman–Crippen MR) is 77.2 cm³/mol. The third kappa shape index (κ3) is 6.88. The third-order valence-corrected chi connectivity index (χ3v) is 3.92. The van der Waals surface area contributed by atoms with Crippen molar-refractivity contribution in [3.05, 3.63) is 12.2 Å². The molecule has 0 bridgehead atoms. The van der Waals surface area contributed by atoms with Crippen LogP contribution in [0.15, 0.2) is 12.2 Å². The first-order valence-corrected chi connectivity index (χ1v) is 7.59. The zero-order valence-corrected chi connectivity index (χ0v) is 12.0. The largest absolute Gasteiger partial charge is 0.316 e. The molecule has 0 aromatic heterocycles. The zero-order chi connectivity index (χ0) is 12.5. The second kappa shape index (κ2) is 8.74. The molecule has 0 spiro atoms. The Morgan fingerprint density at radius 1 is 1.18 bits per heavy atom. The van der Waals surface area contributed by atoms with E-state index in [9.17, 15) is 0 Å². The molecule has 1 rings (SSSR count). The van der Waals surface area contributed by atoms with Gasteiger partial charge in [0.15, 0.2) is 0 Å². The lowest BCUT2D eigenvalue weighted by Crippen LogP contribution is -2.20. The molecule has 0 aromatic rings. The Kier molecular flexibility index (Phi) is 7.59. The van der Waals surface area contributed by atoms with E-state index in [-0.39, 0.29) is 0 Å². The molecule has 1 aliphatic carbocycles. The molecule has 0 radical (unpaired) electrons. The molecule has 1 heteroatoms. The van der Waals surface area contributed by atoms with Crippen molar-refractivity contribution >= 4 is 0 Å². The van der Waals surface area contributed by atoms with Crippen LogP contribution in [-0.2, 0) is 0 Å². The first-order chi connectivity index (χ1) is 8.22. The summed E-state index contributed by atoms with van der Waals surface area (Å²) in [6.45, 7) is 9.14. The molecule has 0 heterocycles. The molecule has 1 fully saturated rings. The summed E-state index contributed by atoms with van der Waals surface area (Å²) >= 11 is 0. The van der Waals surface area contributed by atoms with Gasteiger partial charge in [0.1, 0.15) is 0 Å². The standard InChI is InChI=1S/C16H31N/c1-4-15-8-10-16(11-9-15)7-5-6-12-17-13-14(2)3/h5,7,14-17H,4,6,8-13H2,1-3H3/b7-5+. The van der Waals surface area contributed by atoms with Crippen molar-refractivity contribution in [1.29, 1.82) is 0 Å². The number of hydrogen-bond acceptors (Lipinski definition) is 1. The molecular formula is C16H31N. The highest BCUT2D eigenvalue weighted by Crippen LogP contribution is 2.31. The van der Waals surface area contributed by atoms with E-state index in [0.29, 0.717) is 0 Å². The molecule has 0 saturated heterocycles. The highest BCUT2D eigenvalue weighted by Gasteiger charge is 2.17. The van der Waals surface area contributed by atoms with Crippen molar-refractivity contribution in [1.82, 2.24) is 5.32 Å². The molecule has 100 valence electrons. The van der Waals surface area contributed by atoms with Crippen LogP contribution < -0.4 is 5.32 Å². The first-order valence-electron chi connectivity index (χ1n) is 7.59. The molecular weight excluding hydrogens is 206 g/mol. The number of hydrogen-bond donors (Lipinski definition) is 1. The van der Waals surface area contributed by atoms with Crippen molar-refractivity contribution in [2.45, 2.75) is 59.3 Å². The monoisotopic (exact) mass is 237 g/mol. The fourth-order valence-corrected chi connectivity index (χ4v) is 2.65. The number of rotatable bonds is 7. The Morgan fingerprint density at radius 3 is 2.47 bits per heavy atom. The minimum atomic E-state index is 0.767. The van der Waals surface area contributed by atoms with E-state index in [4.69, 9.17) is 0 Å². The van der Waals surface area contributed by atoms with Crippen molar-refractivity contribution in [2.24, 2.45) is 17.8 Å². The van der Waals surface area contributed by atoms with Crippen LogP contribution >= 0.6 is 0 Å². The van der Waals surface area contributed by atoms with E-state index < -0.39 is 0 Å². The van der Waals surface area contributed by atoms with E-state index >= 15 is 0 Å². The van der Waals surface area contributed by atoms with Gasteiger partial charge in [-0.3, -0.25) is 0 Å². The van der Waals surface area contributed by atoms with Gasteiger partial charge >= 0.3 is 0 Å². The minimum Gasteiger partial charge on any atom is -0.316 e. The van der Waals surface area contributed by atoms with Crippen LogP contribution in [0.5, 0.6) is 0 Å². The Bertz CT molecular complexity index is 200. The number of allylic oxidation sites excluding steroid dienone is 1. The van der Waals surface area contributed by atoms with Crippen molar-refractivity contribution in [2.75, 3.05) is 13.1 Å². The Labute approximate surface area is 108 Å². The second-order valence-corrected chi connectivity index (χ2v) is 6.00. The fourth-order valence-electron chi connectivity index (χ4n) is 2.65. The van der Waals surface area contributed by atoms with E-state index in [1.54, 1.807) is 0 Å². The maximum absolute atomic E-state index is 3.49. The van der Waals surface area contributed by atoms with Gasteiger partial charge in [-0.05, 0) is 62.9 Å². The Hall–Kier alpha value is -0.300. The lowest BCUT2D eigenvalue weighted by molar-refractivity contribution is 0.303. The van der Waals surface area contributed by atoms with Gasteiger partial charge in [0.05, 0.1) is 0 Å². The molecule has 0 aliphatic heterocycles. The van der Waals surface area contributed by atoms with Crippen molar-refractivity contribution < 1.29 is 0 Å². The molecule has 1 saturated carbocycles. The van der Waals surface area contributed by atoms with Gasteiger partial charge in [0.2, 0.25) is 0 Å². The summed E-state index contributed by atoms with van der Waals surface area (Å²) in [7, 11) is 0.